The van der Waals surface area contributed by atoms with Crippen LogP contribution in [0.25, 0.3) is 0 Å². The molecule has 0 radical (unpaired) electrons. The molecule has 1 atom stereocenters. The van der Waals surface area contributed by atoms with Crippen molar-refractivity contribution in [3.8, 4) is 5.75 Å². The van der Waals surface area contributed by atoms with Crippen molar-refractivity contribution in [3.05, 3.63) is 64.7 Å². The van der Waals surface area contributed by atoms with Crippen LogP contribution >= 0.6 is 11.6 Å². The van der Waals surface area contributed by atoms with Crippen LogP contribution in [-0.2, 0) is 4.79 Å². The summed E-state index contributed by atoms with van der Waals surface area (Å²) >= 11 is 5.92. The molecule has 0 saturated carbocycles. The topological polar surface area (TPSA) is 87.7 Å². The molecule has 0 bridgehead atoms. The largest absolute Gasteiger partial charge is 0.497 e. The van der Waals surface area contributed by atoms with Gasteiger partial charge >= 0.3 is 0 Å². The number of halogens is 1. The zero-order valence-corrected chi connectivity index (χ0v) is 19.7. The molecule has 7 nitrogen and oxygen atoms in total. The highest BCUT2D eigenvalue weighted by molar-refractivity contribution is 6.30. The molecule has 8 heteroatoms. The summed E-state index contributed by atoms with van der Waals surface area (Å²) < 4.78 is 5.14. The third-order valence-corrected chi connectivity index (χ3v) is 6.11. The fraction of sp³-hybridized carbons (Fsp3) is 0.400. The van der Waals surface area contributed by atoms with Gasteiger partial charge in [-0.25, -0.2) is 0 Å². The average Bonchev–Trinajstić information content (AvgIpc) is 2.86. The maximum Gasteiger partial charge on any atom is 0.253 e. The lowest BCUT2D eigenvalue weighted by molar-refractivity contribution is -0.124. The molecular formula is C25H30ClN3O4. The molecule has 1 saturated heterocycles. The monoisotopic (exact) mass is 471 g/mol. The Kier molecular flexibility index (Phi) is 8.72. The second-order valence-corrected chi connectivity index (χ2v) is 8.54. The number of nitrogens with one attached hydrogen (secondary N) is 2. The third kappa shape index (κ3) is 6.48. The number of methoxy groups -OCH3 is 1. The number of carbonyl (C=O) groups excluding carboxylic acids is 3. The number of hydrogen-bond donors (Lipinski definition) is 2. The Balaban J connectivity index is 1.66. The van der Waals surface area contributed by atoms with Crippen molar-refractivity contribution in [2.24, 2.45) is 5.92 Å². The Hall–Kier alpha value is -3.06. The fourth-order valence-corrected chi connectivity index (χ4v) is 4.06. The van der Waals surface area contributed by atoms with Crippen LogP contribution in [0.4, 0.5) is 0 Å². The first kappa shape index (κ1) is 24.6. The molecule has 2 aromatic rings. The summed E-state index contributed by atoms with van der Waals surface area (Å²) in [6.07, 6.45) is 2.04. The van der Waals surface area contributed by atoms with Crippen LogP contribution < -0.4 is 15.4 Å². The maximum atomic E-state index is 12.9. The SMILES string of the molecule is CCCNC(=O)[C@@H](NC(=O)c1ccc(OC)cc1)C1CCN(C(=O)c2ccc(Cl)cc2)CC1. The van der Waals surface area contributed by atoms with Gasteiger partial charge in [0.15, 0.2) is 0 Å². The molecule has 0 aliphatic carbocycles. The van der Waals surface area contributed by atoms with Crippen molar-refractivity contribution in [1.29, 1.82) is 0 Å². The number of amides is 3. The minimum Gasteiger partial charge on any atom is -0.497 e. The van der Waals surface area contributed by atoms with Crippen molar-refractivity contribution in [2.45, 2.75) is 32.2 Å². The Bertz CT molecular complexity index is 955. The van der Waals surface area contributed by atoms with Crippen LogP contribution in [0.3, 0.4) is 0 Å². The molecule has 1 aliphatic heterocycles. The lowest BCUT2D eigenvalue weighted by Crippen LogP contribution is -2.54. The fourth-order valence-electron chi connectivity index (χ4n) is 3.93. The van der Waals surface area contributed by atoms with Gasteiger partial charge in [0.05, 0.1) is 7.11 Å². The number of piperidine rings is 1. The first-order valence-electron chi connectivity index (χ1n) is 11.2. The lowest BCUT2D eigenvalue weighted by atomic mass is 9.88. The van der Waals surface area contributed by atoms with Gasteiger partial charge in [-0.1, -0.05) is 18.5 Å². The van der Waals surface area contributed by atoms with E-state index < -0.39 is 6.04 Å². The van der Waals surface area contributed by atoms with E-state index in [1.165, 1.54) is 0 Å². The van der Waals surface area contributed by atoms with Crippen molar-refractivity contribution < 1.29 is 19.1 Å². The summed E-state index contributed by atoms with van der Waals surface area (Å²) in [6, 6.07) is 12.9. The molecule has 3 rings (SSSR count). The van der Waals surface area contributed by atoms with Crippen LogP contribution in [0.1, 0.15) is 46.9 Å². The van der Waals surface area contributed by atoms with E-state index >= 15 is 0 Å². The van der Waals surface area contributed by atoms with Gasteiger partial charge in [-0.05, 0) is 73.7 Å². The number of rotatable bonds is 8. The molecule has 176 valence electrons. The normalized spacial score (nSPS) is 14.9. The molecule has 3 amide bonds. The van der Waals surface area contributed by atoms with Gasteiger partial charge in [-0.2, -0.15) is 0 Å². The summed E-state index contributed by atoms with van der Waals surface area (Å²) in [4.78, 5) is 40.3. The molecule has 0 unspecified atom stereocenters. The minimum absolute atomic E-state index is 0.0561. The quantitative estimate of drug-likeness (QED) is 0.616. The molecular weight excluding hydrogens is 442 g/mol. The molecule has 1 heterocycles. The van der Waals surface area contributed by atoms with Crippen LogP contribution in [-0.4, -0.2) is 55.4 Å². The Labute approximate surface area is 199 Å². The standard InChI is InChI=1S/C25H30ClN3O4/c1-3-14-27-24(31)22(28-23(30)18-6-10-21(33-2)11-7-18)17-12-15-29(16-13-17)25(32)19-4-8-20(26)9-5-19/h4-11,17,22H,3,12-16H2,1-2H3,(H,27,31)(H,28,30)/t22-/m0/s1. The van der Waals surface area contributed by atoms with Crippen molar-refractivity contribution in [2.75, 3.05) is 26.7 Å². The predicted octanol–water partition coefficient (Wildman–Crippen LogP) is 3.53. The second-order valence-electron chi connectivity index (χ2n) is 8.11. The zero-order valence-electron chi connectivity index (χ0n) is 19.0. The Morgan fingerprint density at radius 2 is 1.64 bits per heavy atom. The van der Waals surface area contributed by atoms with Gasteiger partial charge in [0.2, 0.25) is 5.91 Å². The summed E-state index contributed by atoms with van der Waals surface area (Å²) in [5, 5.41) is 6.41. The van der Waals surface area contributed by atoms with Gasteiger partial charge in [0.25, 0.3) is 11.8 Å². The first-order valence-corrected chi connectivity index (χ1v) is 11.6. The Morgan fingerprint density at radius 3 is 2.21 bits per heavy atom. The van der Waals surface area contributed by atoms with Gasteiger partial charge < -0.3 is 20.3 Å². The van der Waals surface area contributed by atoms with Crippen LogP contribution in [0.2, 0.25) is 5.02 Å². The maximum absolute atomic E-state index is 12.9. The molecule has 2 aromatic carbocycles. The number of carbonyl (C=O) groups is 3. The van der Waals surface area contributed by atoms with E-state index in [9.17, 15) is 14.4 Å². The predicted molar refractivity (Wildman–Crippen MR) is 128 cm³/mol. The van der Waals surface area contributed by atoms with Crippen LogP contribution in [0, 0.1) is 5.92 Å². The van der Waals surface area contributed by atoms with E-state index in [-0.39, 0.29) is 23.6 Å². The van der Waals surface area contributed by atoms with Gasteiger partial charge in [0.1, 0.15) is 11.8 Å². The number of nitrogens with zero attached hydrogens (tertiary/aromatic N) is 1. The lowest BCUT2D eigenvalue weighted by Gasteiger charge is -2.36. The smallest absolute Gasteiger partial charge is 0.253 e. The summed E-state index contributed by atoms with van der Waals surface area (Å²) in [5.41, 5.74) is 1.04. The van der Waals surface area contributed by atoms with Crippen molar-refractivity contribution in [1.82, 2.24) is 15.5 Å². The molecule has 2 N–H and O–H groups in total. The molecule has 0 aromatic heterocycles. The summed E-state index contributed by atoms with van der Waals surface area (Å²) in [5.74, 6) is 0.0226. The zero-order chi connectivity index (χ0) is 23.8. The highest BCUT2D eigenvalue weighted by Gasteiger charge is 2.34. The van der Waals surface area contributed by atoms with E-state index in [1.807, 2.05) is 6.92 Å². The van der Waals surface area contributed by atoms with Crippen molar-refractivity contribution in [3.63, 3.8) is 0 Å². The molecule has 33 heavy (non-hydrogen) atoms. The number of ether oxygens (including phenoxy) is 1. The van der Waals surface area contributed by atoms with Crippen LogP contribution in [0.15, 0.2) is 48.5 Å². The summed E-state index contributed by atoms with van der Waals surface area (Å²) in [7, 11) is 1.56. The van der Waals surface area contributed by atoms with Crippen molar-refractivity contribution >= 4 is 29.3 Å². The van der Waals surface area contributed by atoms with E-state index in [4.69, 9.17) is 16.3 Å². The molecule has 1 fully saturated rings. The number of benzene rings is 2. The molecule has 1 aliphatic rings. The van der Waals surface area contributed by atoms with E-state index in [2.05, 4.69) is 10.6 Å². The van der Waals surface area contributed by atoms with E-state index in [0.717, 1.165) is 6.42 Å². The number of hydrogen-bond acceptors (Lipinski definition) is 4. The first-order chi connectivity index (χ1) is 15.9. The van der Waals surface area contributed by atoms with Crippen LogP contribution in [0.5, 0.6) is 5.75 Å². The highest BCUT2D eigenvalue weighted by Crippen LogP contribution is 2.23. The molecule has 0 spiro atoms. The minimum atomic E-state index is -0.668. The highest BCUT2D eigenvalue weighted by atomic mass is 35.5. The third-order valence-electron chi connectivity index (χ3n) is 5.86. The van der Waals surface area contributed by atoms with E-state index in [0.29, 0.717) is 54.4 Å². The average molecular weight is 472 g/mol. The van der Waals surface area contributed by atoms with Gasteiger partial charge in [0, 0.05) is 35.8 Å². The van der Waals surface area contributed by atoms with E-state index in [1.54, 1.807) is 60.5 Å². The van der Waals surface area contributed by atoms with Gasteiger partial charge in [-0.3, -0.25) is 14.4 Å². The summed E-state index contributed by atoms with van der Waals surface area (Å²) in [6.45, 7) is 3.55. The number of likely N-dealkylation sites (tertiary alicyclic amines) is 1. The van der Waals surface area contributed by atoms with Gasteiger partial charge in [-0.15, -0.1) is 0 Å². The Morgan fingerprint density at radius 1 is 1.03 bits per heavy atom. The second kappa shape index (κ2) is 11.7.